The average Bonchev–Trinajstić information content (AvgIpc) is 3.05. The van der Waals surface area contributed by atoms with E-state index < -0.39 is 0 Å². The third-order valence-corrected chi connectivity index (χ3v) is 5.16. The summed E-state index contributed by atoms with van der Waals surface area (Å²) in [6, 6.07) is 0. The number of nitrogens with zero attached hydrogens (tertiary/aromatic N) is 4. The average molecular weight is 316 g/mol. The largest absolute Gasteiger partial charge is 0.343 e. The molecule has 3 heterocycles. The maximum Gasteiger partial charge on any atom is 0.274 e. The second kappa shape index (κ2) is 6.64. The summed E-state index contributed by atoms with van der Waals surface area (Å²) >= 11 is 0. The smallest absolute Gasteiger partial charge is 0.274 e. The molecule has 0 aliphatic carbocycles. The molecule has 0 radical (unpaired) electrons. The van der Waals surface area contributed by atoms with Crippen molar-refractivity contribution in [2.24, 2.45) is 11.8 Å². The lowest BCUT2D eigenvalue weighted by Gasteiger charge is -2.34. The fraction of sp³-hybridized carbons (Fsp3) is 0.647. The Hall–Kier alpha value is -1.98. The van der Waals surface area contributed by atoms with Gasteiger partial charge in [0.05, 0.1) is 11.9 Å². The molecule has 3 rings (SSSR count). The van der Waals surface area contributed by atoms with E-state index in [1.54, 1.807) is 19.3 Å². The predicted molar refractivity (Wildman–Crippen MR) is 85.8 cm³/mol. The fourth-order valence-electron chi connectivity index (χ4n) is 3.71. The number of amides is 2. The Morgan fingerprint density at radius 1 is 1.00 bits per heavy atom. The minimum Gasteiger partial charge on any atom is -0.343 e. The molecule has 2 aliphatic rings. The highest BCUT2D eigenvalue weighted by Crippen LogP contribution is 2.32. The molecule has 6 nitrogen and oxygen atoms in total. The Kier molecular flexibility index (Phi) is 4.59. The molecule has 124 valence electrons. The highest BCUT2D eigenvalue weighted by molar-refractivity contribution is 5.92. The van der Waals surface area contributed by atoms with Gasteiger partial charge in [-0.25, -0.2) is 4.98 Å². The standard InChI is InChI=1S/C17H24N4O2/c1-12-9-19-16(10-18-12)17(23)21-8-5-15(11-21)14-3-6-20(7-4-14)13(2)22/h9-10,14-15H,3-8,11H2,1-2H3. The van der Waals surface area contributed by atoms with E-state index >= 15 is 0 Å². The van der Waals surface area contributed by atoms with Crippen molar-refractivity contribution in [2.75, 3.05) is 26.2 Å². The van der Waals surface area contributed by atoms with Gasteiger partial charge in [-0.15, -0.1) is 0 Å². The van der Waals surface area contributed by atoms with Gasteiger partial charge in [-0.1, -0.05) is 0 Å². The molecule has 6 heteroatoms. The topological polar surface area (TPSA) is 66.4 Å². The normalized spacial score (nSPS) is 22.4. The zero-order valence-corrected chi connectivity index (χ0v) is 13.9. The Balaban J connectivity index is 1.55. The van der Waals surface area contributed by atoms with Crippen molar-refractivity contribution >= 4 is 11.8 Å². The van der Waals surface area contributed by atoms with E-state index in [4.69, 9.17) is 0 Å². The van der Waals surface area contributed by atoms with Crippen molar-refractivity contribution in [1.29, 1.82) is 0 Å². The number of aryl methyl sites for hydroxylation is 1. The molecule has 0 bridgehead atoms. The molecule has 0 aromatic carbocycles. The second-order valence-electron chi connectivity index (χ2n) is 6.69. The van der Waals surface area contributed by atoms with Gasteiger partial charge in [-0.2, -0.15) is 0 Å². The molecule has 2 aliphatic heterocycles. The fourth-order valence-corrected chi connectivity index (χ4v) is 3.71. The van der Waals surface area contributed by atoms with Crippen LogP contribution >= 0.6 is 0 Å². The Labute approximate surface area is 136 Å². The molecule has 0 saturated carbocycles. The maximum atomic E-state index is 12.5. The lowest BCUT2D eigenvalue weighted by molar-refractivity contribution is -0.130. The molecule has 1 aromatic heterocycles. The van der Waals surface area contributed by atoms with Crippen molar-refractivity contribution in [1.82, 2.24) is 19.8 Å². The van der Waals surface area contributed by atoms with Crippen LogP contribution in [0.5, 0.6) is 0 Å². The van der Waals surface area contributed by atoms with E-state index in [1.165, 1.54) is 0 Å². The summed E-state index contributed by atoms with van der Waals surface area (Å²) in [5.41, 5.74) is 1.25. The first kappa shape index (κ1) is 15.9. The van der Waals surface area contributed by atoms with Gasteiger partial charge in [0, 0.05) is 39.3 Å². The quantitative estimate of drug-likeness (QED) is 0.829. The van der Waals surface area contributed by atoms with Gasteiger partial charge < -0.3 is 9.80 Å². The summed E-state index contributed by atoms with van der Waals surface area (Å²) in [7, 11) is 0. The van der Waals surface area contributed by atoms with Crippen molar-refractivity contribution in [3.8, 4) is 0 Å². The molecule has 2 amide bonds. The first-order valence-electron chi connectivity index (χ1n) is 8.38. The van der Waals surface area contributed by atoms with Crippen molar-refractivity contribution in [3.05, 3.63) is 23.8 Å². The van der Waals surface area contributed by atoms with E-state index in [2.05, 4.69) is 9.97 Å². The van der Waals surface area contributed by atoms with Crippen LogP contribution in [-0.2, 0) is 4.79 Å². The summed E-state index contributed by atoms with van der Waals surface area (Å²) < 4.78 is 0. The second-order valence-corrected chi connectivity index (χ2v) is 6.69. The number of hydrogen-bond acceptors (Lipinski definition) is 4. The number of rotatable bonds is 2. The molecule has 2 saturated heterocycles. The lowest BCUT2D eigenvalue weighted by atomic mass is 9.84. The van der Waals surface area contributed by atoms with E-state index in [0.29, 0.717) is 17.5 Å². The van der Waals surface area contributed by atoms with Crippen LogP contribution in [0.1, 0.15) is 42.4 Å². The van der Waals surface area contributed by atoms with E-state index in [1.807, 2.05) is 16.7 Å². The van der Waals surface area contributed by atoms with E-state index in [0.717, 1.165) is 51.1 Å². The monoisotopic (exact) mass is 316 g/mol. The number of likely N-dealkylation sites (tertiary alicyclic amines) is 2. The Bertz CT molecular complexity index is 579. The van der Waals surface area contributed by atoms with Crippen LogP contribution in [0.2, 0.25) is 0 Å². The van der Waals surface area contributed by atoms with Crippen LogP contribution < -0.4 is 0 Å². The summed E-state index contributed by atoms with van der Waals surface area (Å²) in [5, 5.41) is 0. The van der Waals surface area contributed by atoms with Gasteiger partial charge in [0.2, 0.25) is 5.91 Å². The van der Waals surface area contributed by atoms with Crippen LogP contribution in [0.4, 0.5) is 0 Å². The number of carbonyl (C=O) groups excluding carboxylic acids is 2. The first-order chi connectivity index (χ1) is 11.0. The zero-order valence-electron chi connectivity index (χ0n) is 13.9. The predicted octanol–water partition coefficient (Wildman–Crippen LogP) is 1.51. The van der Waals surface area contributed by atoms with Gasteiger partial charge in [0.25, 0.3) is 5.91 Å². The van der Waals surface area contributed by atoms with Crippen molar-refractivity contribution < 1.29 is 9.59 Å². The van der Waals surface area contributed by atoms with Crippen LogP contribution in [0.15, 0.2) is 12.4 Å². The van der Waals surface area contributed by atoms with Crippen LogP contribution in [0, 0.1) is 18.8 Å². The van der Waals surface area contributed by atoms with Crippen molar-refractivity contribution in [3.63, 3.8) is 0 Å². The molecular weight excluding hydrogens is 292 g/mol. The third-order valence-electron chi connectivity index (χ3n) is 5.16. The number of piperidine rings is 1. The van der Waals surface area contributed by atoms with Gasteiger partial charge in [0.1, 0.15) is 5.69 Å². The van der Waals surface area contributed by atoms with Gasteiger partial charge in [-0.05, 0) is 38.0 Å². The summed E-state index contributed by atoms with van der Waals surface area (Å²) in [4.78, 5) is 36.1. The highest BCUT2D eigenvalue weighted by atomic mass is 16.2. The number of hydrogen-bond donors (Lipinski definition) is 0. The number of carbonyl (C=O) groups is 2. The first-order valence-corrected chi connectivity index (χ1v) is 8.38. The zero-order chi connectivity index (χ0) is 16.4. The van der Waals surface area contributed by atoms with Gasteiger partial charge in [-0.3, -0.25) is 14.6 Å². The molecule has 23 heavy (non-hydrogen) atoms. The van der Waals surface area contributed by atoms with Crippen LogP contribution in [-0.4, -0.2) is 57.8 Å². The summed E-state index contributed by atoms with van der Waals surface area (Å²) in [6.07, 6.45) is 6.36. The van der Waals surface area contributed by atoms with Crippen molar-refractivity contribution in [2.45, 2.75) is 33.1 Å². The molecule has 0 N–H and O–H groups in total. The van der Waals surface area contributed by atoms with Gasteiger partial charge in [0.15, 0.2) is 0 Å². The Morgan fingerprint density at radius 2 is 1.65 bits per heavy atom. The third kappa shape index (κ3) is 3.51. The van der Waals surface area contributed by atoms with Crippen LogP contribution in [0.25, 0.3) is 0 Å². The molecular formula is C17H24N4O2. The summed E-state index contributed by atoms with van der Waals surface area (Å²) in [5.74, 6) is 1.32. The SMILES string of the molecule is CC(=O)N1CCC(C2CCN(C(=O)c3cnc(C)cn3)C2)CC1. The molecule has 1 atom stereocenters. The molecule has 1 unspecified atom stereocenters. The van der Waals surface area contributed by atoms with Gasteiger partial charge >= 0.3 is 0 Å². The molecule has 1 aromatic rings. The van der Waals surface area contributed by atoms with E-state index in [9.17, 15) is 9.59 Å². The van der Waals surface area contributed by atoms with Crippen LogP contribution in [0.3, 0.4) is 0 Å². The summed E-state index contributed by atoms with van der Waals surface area (Å²) in [6.45, 7) is 6.81. The minimum absolute atomic E-state index is 0.0128. The minimum atomic E-state index is -0.0128. The maximum absolute atomic E-state index is 12.5. The Morgan fingerprint density at radius 3 is 2.26 bits per heavy atom. The van der Waals surface area contributed by atoms with E-state index in [-0.39, 0.29) is 11.8 Å². The molecule has 2 fully saturated rings. The highest BCUT2D eigenvalue weighted by Gasteiger charge is 2.34. The molecule has 0 spiro atoms. The lowest BCUT2D eigenvalue weighted by Crippen LogP contribution is -2.39. The number of aromatic nitrogens is 2.